The van der Waals surface area contributed by atoms with Crippen molar-refractivity contribution in [2.75, 3.05) is 0 Å². The molecule has 6 nitrogen and oxygen atoms in total. The lowest BCUT2D eigenvalue weighted by atomic mass is 9.47. The predicted molar refractivity (Wildman–Crippen MR) is 57.5 cm³/mol. The van der Waals surface area contributed by atoms with E-state index in [9.17, 15) is 20.0 Å². The predicted octanol–water partition coefficient (Wildman–Crippen LogP) is 0.674. The van der Waals surface area contributed by atoms with Crippen molar-refractivity contribution in [3.8, 4) is 0 Å². The molecule has 4 aliphatic rings. The third kappa shape index (κ3) is 1.83. The molecule has 4 rings (SSSR count). The number of nitrogens with zero attached hydrogens (tertiary/aromatic N) is 1. The smallest absolute Gasteiger partial charge is 0.295 e. The number of rotatable bonds is 4. The average molecular weight is 254 g/mol. The molecule has 0 aromatic heterocycles. The van der Waals surface area contributed by atoms with Crippen molar-refractivity contribution >= 4 is 5.97 Å². The lowest BCUT2D eigenvalue weighted by molar-refractivity contribution is -0.785. The van der Waals surface area contributed by atoms with Crippen LogP contribution in [-0.2, 0) is 9.63 Å². The highest BCUT2D eigenvalue weighted by Crippen LogP contribution is 2.63. The number of carboxylic acid groups (broad SMARTS) is 1. The topological polar surface area (TPSA) is 92.5 Å². The largest absolute Gasteiger partial charge is 0.550 e. The molecule has 4 fully saturated rings. The third-order valence-corrected chi connectivity index (χ3v) is 4.92. The van der Waals surface area contributed by atoms with Crippen molar-refractivity contribution in [1.29, 1.82) is 0 Å². The van der Waals surface area contributed by atoms with Gasteiger partial charge in [-0.1, -0.05) is 0 Å². The minimum Gasteiger partial charge on any atom is -0.550 e. The highest BCUT2D eigenvalue weighted by molar-refractivity contribution is 5.65. The second-order valence-corrected chi connectivity index (χ2v) is 6.51. The minimum atomic E-state index is -1.05. The molecule has 2 atom stereocenters. The van der Waals surface area contributed by atoms with E-state index in [0.29, 0.717) is 31.1 Å². The molecule has 0 saturated heterocycles. The standard InChI is InChI=1S/C12H17NO5/c14-10(15)6-11-2-8-1-9(3-11)5-12(4-8,7-11)18-13(16)17/h8-9H,1-7H2,(H,14,15)/p-1. The van der Waals surface area contributed by atoms with Crippen LogP contribution in [-0.4, -0.2) is 16.7 Å². The minimum absolute atomic E-state index is 0.0167. The summed E-state index contributed by atoms with van der Waals surface area (Å²) in [6, 6.07) is 0. The molecule has 0 radical (unpaired) electrons. The van der Waals surface area contributed by atoms with Crippen molar-refractivity contribution in [3.05, 3.63) is 10.1 Å². The summed E-state index contributed by atoms with van der Waals surface area (Å²) in [5.74, 6) is -0.288. The Balaban J connectivity index is 1.87. The molecule has 6 heteroatoms. The van der Waals surface area contributed by atoms with Crippen LogP contribution >= 0.6 is 0 Å². The highest BCUT2D eigenvalue weighted by Gasteiger charge is 2.59. The quantitative estimate of drug-likeness (QED) is 0.543. The van der Waals surface area contributed by atoms with Crippen LogP contribution in [0, 0.1) is 27.4 Å². The van der Waals surface area contributed by atoms with E-state index in [2.05, 4.69) is 0 Å². The van der Waals surface area contributed by atoms with Crippen LogP contribution in [0.5, 0.6) is 0 Å². The first-order valence-electron chi connectivity index (χ1n) is 6.44. The van der Waals surface area contributed by atoms with Crippen LogP contribution in [0.2, 0.25) is 0 Å². The van der Waals surface area contributed by atoms with Crippen LogP contribution in [0.25, 0.3) is 0 Å². The number of carboxylic acids is 1. The number of carbonyl (C=O) groups excluding carboxylic acids is 1. The Morgan fingerprint density at radius 3 is 2.39 bits per heavy atom. The van der Waals surface area contributed by atoms with Gasteiger partial charge in [-0.05, 0) is 62.2 Å². The number of hydrogen-bond donors (Lipinski definition) is 0. The van der Waals surface area contributed by atoms with Crippen molar-refractivity contribution in [2.24, 2.45) is 17.3 Å². The fraction of sp³-hybridized carbons (Fsp3) is 0.917. The number of hydrogen-bond acceptors (Lipinski definition) is 5. The molecule has 2 unspecified atom stereocenters. The van der Waals surface area contributed by atoms with E-state index in [0.717, 1.165) is 19.3 Å². The van der Waals surface area contributed by atoms with Crippen molar-refractivity contribution in [2.45, 2.75) is 50.5 Å². The van der Waals surface area contributed by atoms with E-state index in [1.807, 2.05) is 0 Å². The monoisotopic (exact) mass is 254 g/mol. The molecule has 4 saturated carbocycles. The van der Waals surface area contributed by atoms with Gasteiger partial charge in [-0.15, -0.1) is 10.1 Å². The molecule has 0 aliphatic heterocycles. The number of carbonyl (C=O) groups is 1. The SMILES string of the molecule is O=C([O-])CC12CC3CC(C1)CC(O[N+](=O)[O-])(C3)C2. The lowest BCUT2D eigenvalue weighted by Crippen LogP contribution is -2.58. The van der Waals surface area contributed by atoms with Gasteiger partial charge in [-0.3, -0.25) is 0 Å². The first-order chi connectivity index (χ1) is 8.40. The maximum Gasteiger partial charge on any atom is 0.295 e. The van der Waals surface area contributed by atoms with Crippen LogP contribution in [0.4, 0.5) is 0 Å². The second kappa shape index (κ2) is 3.59. The van der Waals surface area contributed by atoms with Crippen molar-refractivity contribution in [1.82, 2.24) is 0 Å². The van der Waals surface area contributed by atoms with Crippen LogP contribution in [0.1, 0.15) is 44.9 Å². The summed E-state index contributed by atoms with van der Waals surface area (Å²) < 4.78 is 0. The van der Waals surface area contributed by atoms with E-state index < -0.39 is 16.7 Å². The zero-order chi connectivity index (χ0) is 13.0. The molecule has 0 amide bonds. The zero-order valence-corrected chi connectivity index (χ0v) is 10.1. The zero-order valence-electron chi connectivity index (χ0n) is 10.1. The van der Waals surface area contributed by atoms with E-state index in [4.69, 9.17) is 4.84 Å². The molecule has 4 bridgehead atoms. The van der Waals surface area contributed by atoms with Crippen molar-refractivity contribution < 1.29 is 19.8 Å². The highest BCUT2D eigenvalue weighted by atomic mass is 17.0. The third-order valence-electron chi connectivity index (χ3n) is 4.92. The summed E-state index contributed by atoms with van der Waals surface area (Å²) in [4.78, 5) is 26.6. The Hall–Kier alpha value is -1.33. The van der Waals surface area contributed by atoms with Gasteiger partial charge in [0.1, 0.15) is 5.60 Å². The van der Waals surface area contributed by atoms with E-state index in [1.165, 1.54) is 0 Å². The molecule has 0 aromatic rings. The summed E-state index contributed by atoms with van der Waals surface area (Å²) in [5, 5.41) is 20.9. The number of aliphatic carboxylic acids is 1. The van der Waals surface area contributed by atoms with E-state index >= 15 is 0 Å². The molecule has 0 heterocycles. The summed E-state index contributed by atoms with van der Waals surface area (Å²) >= 11 is 0. The lowest BCUT2D eigenvalue weighted by Gasteiger charge is -2.61. The second-order valence-electron chi connectivity index (χ2n) is 6.51. The Morgan fingerprint density at radius 1 is 1.28 bits per heavy atom. The van der Waals surface area contributed by atoms with Gasteiger partial charge in [-0.25, -0.2) is 0 Å². The summed E-state index contributed by atoms with van der Waals surface area (Å²) in [6.45, 7) is 0. The summed E-state index contributed by atoms with van der Waals surface area (Å²) in [6.07, 6.45) is 4.72. The Kier molecular flexibility index (Phi) is 2.34. The van der Waals surface area contributed by atoms with Gasteiger partial charge >= 0.3 is 0 Å². The van der Waals surface area contributed by atoms with Gasteiger partial charge < -0.3 is 14.7 Å². The van der Waals surface area contributed by atoms with Gasteiger partial charge in [0.2, 0.25) is 0 Å². The Labute approximate surface area is 104 Å². The molecular formula is C12H16NO5-. The Bertz CT molecular complexity index is 359. The van der Waals surface area contributed by atoms with Gasteiger partial charge in [0, 0.05) is 5.97 Å². The first kappa shape index (κ1) is 11.7. The van der Waals surface area contributed by atoms with Gasteiger partial charge in [0.05, 0.1) is 0 Å². The average Bonchev–Trinajstić information content (AvgIpc) is 2.08. The molecule has 0 spiro atoms. The summed E-state index contributed by atoms with van der Waals surface area (Å²) in [5.41, 5.74) is -1.04. The maximum atomic E-state index is 10.9. The van der Waals surface area contributed by atoms with Crippen molar-refractivity contribution in [3.63, 3.8) is 0 Å². The molecule has 4 aliphatic carbocycles. The van der Waals surface area contributed by atoms with Gasteiger partial charge in [0.15, 0.2) is 0 Å². The molecule has 0 N–H and O–H groups in total. The fourth-order valence-electron chi connectivity index (χ4n) is 5.14. The van der Waals surface area contributed by atoms with E-state index in [1.54, 1.807) is 0 Å². The molecule has 0 aromatic carbocycles. The normalized spacial score (nSPS) is 44.9. The van der Waals surface area contributed by atoms with Gasteiger partial charge in [-0.2, -0.15) is 0 Å². The summed E-state index contributed by atoms with van der Waals surface area (Å²) in [7, 11) is 0. The molecule has 100 valence electrons. The van der Waals surface area contributed by atoms with Crippen LogP contribution in [0.15, 0.2) is 0 Å². The fourth-order valence-corrected chi connectivity index (χ4v) is 5.14. The van der Waals surface area contributed by atoms with Crippen LogP contribution in [0.3, 0.4) is 0 Å². The van der Waals surface area contributed by atoms with Gasteiger partial charge in [0.25, 0.3) is 5.09 Å². The molecule has 18 heavy (non-hydrogen) atoms. The Morgan fingerprint density at radius 2 is 1.89 bits per heavy atom. The molecular weight excluding hydrogens is 238 g/mol. The maximum absolute atomic E-state index is 10.9. The van der Waals surface area contributed by atoms with Crippen LogP contribution < -0.4 is 5.11 Å². The first-order valence-corrected chi connectivity index (χ1v) is 6.44. The van der Waals surface area contributed by atoms with E-state index in [-0.39, 0.29) is 11.8 Å².